The number of anilines is 1. The molecule has 0 fully saturated rings. The molecule has 5 heterocycles. The van der Waals surface area contributed by atoms with Crippen molar-refractivity contribution >= 4 is 69.4 Å². The summed E-state index contributed by atoms with van der Waals surface area (Å²) in [6.07, 6.45) is 0.417. The molecule has 0 aliphatic carbocycles. The summed E-state index contributed by atoms with van der Waals surface area (Å²) in [6, 6.07) is 12.3. The molecule has 72 heavy (non-hydrogen) atoms. The first-order valence-electron chi connectivity index (χ1n) is 19.2. The minimum absolute atomic E-state index is 0.0146. The van der Waals surface area contributed by atoms with Crippen LogP contribution in [0.25, 0.3) is 0 Å². The number of carbonyl (C=O) groups is 5. The van der Waals surface area contributed by atoms with Gasteiger partial charge in [0.15, 0.2) is 63.8 Å². The fourth-order valence-electron chi connectivity index (χ4n) is 6.14. The molecule has 2 amide bonds. The number of nitro groups is 4. The molecule has 5 aliphatic heterocycles. The molecule has 0 saturated carbocycles. The smallest absolute Gasteiger partial charge is 0.342 e. The van der Waals surface area contributed by atoms with Crippen molar-refractivity contribution in [2.24, 2.45) is 11.5 Å². The van der Waals surface area contributed by atoms with E-state index in [-0.39, 0.29) is 108 Å². The van der Waals surface area contributed by atoms with Crippen molar-refractivity contribution in [1.82, 2.24) is 0 Å². The van der Waals surface area contributed by atoms with E-state index in [1.54, 1.807) is 0 Å². The number of hydrogen-bond acceptors (Lipinski definition) is 24. The van der Waals surface area contributed by atoms with E-state index >= 15 is 0 Å². The van der Waals surface area contributed by atoms with Crippen LogP contribution in [0.3, 0.4) is 0 Å². The summed E-state index contributed by atoms with van der Waals surface area (Å²) in [5, 5.41) is 50.2. The summed E-state index contributed by atoms with van der Waals surface area (Å²) >= 11 is 5.21. The number of carbonyl (C=O) groups excluding carboxylic acids is 4. The van der Waals surface area contributed by atoms with Crippen LogP contribution in [0.4, 0.5) is 28.4 Å². The average Bonchev–Trinajstić information content (AvgIpc) is 4.20. The summed E-state index contributed by atoms with van der Waals surface area (Å²) in [6.45, 7) is 0.0719. The molecule has 5 aromatic rings. The first kappa shape index (κ1) is 50.9. The van der Waals surface area contributed by atoms with Crippen LogP contribution in [0.15, 0.2) is 60.7 Å². The van der Waals surface area contributed by atoms with Crippen molar-refractivity contribution in [3.8, 4) is 57.5 Å². The fraction of sp³-hybridized carbons (Fsp3) is 0.125. The Morgan fingerprint density at radius 3 is 1.07 bits per heavy atom. The molecule has 0 bridgehead atoms. The number of hydrogen-bond donors (Lipinski definition) is 4. The predicted octanol–water partition coefficient (Wildman–Crippen LogP) is 4.38. The number of aromatic carboxylic acids is 1. The van der Waals surface area contributed by atoms with Gasteiger partial charge in [-0.05, 0) is 17.7 Å². The number of halogens is 1. The standard InChI is InChI=1S/C8H4ClNO5.C8H6N2O5.C8H8N2O3.C8H5NO6.C8H5NO5/c2*9-8(11)4-1-6-7(15-3-14-6)2-5(4)10(12)13;9-5-2-7-6(12-3-13-7)1-4(5)8(10)11;10-8(11)4-1-6-7(15-3-14-6)2-5(4)9(12)13;10-3-5-1-7-8(14-4-13-7)2-6(5)9(11)12/h1-2H,3H2;1-2H,3H2,(H2,9,11);1-2H,3,9H2,(H2,10,11);1-2H,3H2,(H,10,11);1-3H,4H2. The normalized spacial score (nSPS) is 12.6. The SMILES string of the molecule is NC(=O)c1cc2c(cc1N)OCO2.NC(=O)c1cc2c(cc1[N+](=O)[O-])OCO2.O=C(Cl)c1cc2c(cc1[N+](=O)[O-])OCO2.O=C(O)c1cc2c(cc1[N+](=O)[O-])OCO2.O=Cc1cc2c(cc1[N+](=O)[O-])OCO2. The quantitative estimate of drug-likeness (QED) is 0.0523. The van der Waals surface area contributed by atoms with Crippen molar-refractivity contribution < 1.29 is 96.1 Å². The number of nitrogens with zero attached hydrogens (tertiary/aromatic N) is 4. The van der Waals surface area contributed by atoms with Crippen molar-refractivity contribution in [2.75, 3.05) is 39.7 Å². The van der Waals surface area contributed by atoms with Gasteiger partial charge in [-0.1, -0.05) is 0 Å². The molecule has 7 N–H and O–H groups in total. The molecular formula is C40H28ClN7O24. The zero-order valence-corrected chi connectivity index (χ0v) is 36.4. The van der Waals surface area contributed by atoms with E-state index < -0.39 is 54.0 Å². The van der Waals surface area contributed by atoms with Gasteiger partial charge in [0, 0.05) is 36.0 Å². The number of aldehydes is 1. The van der Waals surface area contributed by atoms with Crippen LogP contribution in [0.1, 0.15) is 51.8 Å². The number of nitrogens with two attached hydrogens (primary N) is 3. The third-order valence-electron chi connectivity index (χ3n) is 9.43. The number of benzene rings is 5. The number of rotatable bonds is 9. The van der Waals surface area contributed by atoms with Gasteiger partial charge in [0.2, 0.25) is 34.0 Å². The lowest BCUT2D eigenvalue weighted by Crippen LogP contribution is -2.13. The van der Waals surface area contributed by atoms with Gasteiger partial charge in [0.05, 0.1) is 55.1 Å². The van der Waals surface area contributed by atoms with Gasteiger partial charge in [0.1, 0.15) is 16.7 Å². The first-order valence-corrected chi connectivity index (χ1v) is 19.6. The Morgan fingerprint density at radius 1 is 0.458 bits per heavy atom. The van der Waals surface area contributed by atoms with Gasteiger partial charge >= 0.3 is 5.97 Å². The molecule has 0 aromatic heterocycles. The molecule has 0 saturated heterocycles. The Labute approximate surface area is 402 Å². The van der Waals surface area contributed by atoms with E-state index in [1.807, 2.05) is 0 Å². The Kier molecular flexibility index (Phi) is 15.3. The monoisotopic (exact) mass is 1030 g/mol. The van der Waals surface area contributed by atoms with E-state index in [4.69, 9.17) is 81.3 Å². The zero-order chi connectivity index (χ0) is 52.6. The molecule has 31 nitrogen and oxygen atoms in total. The third kappa shape index (κ3) is 11.4. The molecule has 0 radical (unpaired) electrons. The van der Waals surface area contributed by atoms with E-state index in [0.717, 1.165) is 24.3 Å². The van der Waals surface area contributed by atoms with E-state index in [0.29, 0.717) is 35.0 Å². The second-order valence-electron chi connectivity index (χ2n) is 13.7. The van der Waals surface area contributed by atoms with Crippen LogP contribution in [-0.4, -0.2) is 88.1 Å². The topological polar surface area (TPSA) is 448 Å². The molecule has 10 rings (SSSR count). The Balaban J connectivity index is 0.000000147. The number of ether oxygens (including phenoxy) is 10. The molecule has 5 aromatic carbocycles. The molecular weight excluding hydrogens is 998 g/mol. The highest BCUT2D eigenvalue weighted by Gasteiger charge is 2.29. The Bertz CT molecular complexity index is 2790. The van der Waals surface area contributed by atoms with E-state index in [1.165, 1.54) is 36.4 Å². The van der Waals surface area contributed by atoms with Gasteiger partial charge in [0.25, 0.3) is 39.8 Å². The third-order valence-corrected chi connectivity index (χ3v) is 9.63. The minimum Gasteiger partial charge on any atom is -0.477 e. The Morgan fingerprint density at radius 2 is 0.736 bits per heavy atom. The largest absolute Gasteiger partial charge is 0.477 e. The predicted molar refractivity (Wildman–Crippen MR) is 233 cm³/mol. The summed E-state index contributed by atoms with van der Waals surface area (Å²) in [7, 11) is 0. The highest BCUT2D eigenvalue weighted by molar-refractivity contribution is 6.68. The number of primary amides is 2. The number of nitro benzene ring substituents is 4. The maximum Gasteiger partial charge on any atom is 0.342 e. The molecule has 5 aliphatic rings. The summed E-state index contributed by atoms with van der Waals surface area (Å²) in [4.78, 5) is 93.6. The number of amides is 2. The molecule has 32 heteroatoms. The second-order valence-corrected chi connectivity index (χ2v) is 14.0. The second kappa shape index (κ2) is 21.7. The summed E-state index contributed by atoms with van der Waals surface area (Å²) < 4.78 is 49.7. The van der Waals surface area contributed by atoms with Crippen molar-refractivity contribution in [1.29, 1.82) is 0 Å². The number of fused-ring (bicyclic) bond motifs is 5. The van der Waals surface area contributed by atoms with E-state index in [9.17, 15) is 64.4 Å². The van der Waals surface area contributed by atoms with Crippen molar-refractivity contribution in [2.45, 2.75) is 0 Å². The molecule has 374 valence electrons. The molecule has 0 atom stereocenters. The van der Waals surface area contributed by atoms with Crippen molar-refractivity contribution in [3.05, 3.63) is 129 Å². The Hall–Kier alpha value is -10.5. The highest BCUT2D eigenvalue weighted by atomic mass is 35.5. The summed E-state index contributed by atoms with van der Waals surface area (Å²) in [5.74, 6) is 0.320. The van der Waals surface area contributed by atoms with Crippen LogP contribution >= 0.6 is 11.6 Å². The van der Waals surface area contributed by atoms with Crippen LogP contribution in [0.5, 0.6) is 57.5 Å². The number of nitrogen functional groups attached to an aromatic ring is 1. The van der Waals surface area contributed by atoms with Crippen LogP contribution in [0, 0.1) is 40.5 Å². The van der Waals surface area contributed by atoms with Crippen molar-refractivity contribution in [3.63, 3.8) is 0 Å². The summed E-state index contributed by atoms with van der Waals surface area (Å²) in [5.41, 5.74) is 13.8. The lowest BCUT2D eigenvalue weighted by Gasteiger charge is -2.02. The van der Waals surface area contributed by atoms with Crippen LogP contribution in [-0.2, 0) is 0 Å². The fourth-order valence-corrected chi connectivity index (χ4v) is 6.29. The minimum atomic E-state index is -1.38. The van der Waals surface area contributed by atoms with Crippen LogP contribution < -0.4 is 64.6 Å². The lowest BCUT2D eigenvalue weighted by molar-refractivity contribution is -0.385. The number of carboxylic acids is 1. The van der Waals surface area contributed by atoms with E-state index in [2.05, 4.69) is 0 Å². The molecule has 0 unspecified atom stereocenters. The van der Waals surface area contributed by atoms with Gasteiger partial charge in [-0.3, -0.25) is 59.6 Å². The lowest BCUT2D eigenvalue weighted by atomic mass is 10.1. The van der Waals surface area contributed by atoms with Crippen LogP contribution in [0.2, 0.25) is 0 Å². The zero-order valence-electron chi connectivity index (χ0n) is 35.6. The van der Waals surface area contributed by atoms with Gasteiger partial charge in [-0.25, -0.2) is 4.79 Å². The first-order chi connectivity index (χ1) is 34.2. The number of carboxylic acid groups (broad SMARTS) is 1. The van der Waals surface area contributed by atoms with Gasteiger partial charge < -0.3 is 69.7 Å². The van der Waals surface area contributed by atoms with Gasteiger partial charge in [-0.2, -0.15) is 0 Å². The molecule has 0 spiro atoms. The maximum atomic E-state index is 10.9. The van der Waals surface area contributed by atoms with Gasteiger partial charge in [-0.15, -0.1) is 0 Å². The highest BCUT2D eigenvalue weighted by Crippen LogP contribution is 2.41. The maximum absolute atomic E-state index is 10.9. The average molecular weight is 1030 g/mol.